The lowest BCUT2D eigenvalue weighted by Gasteiger charge is -2.30. The van der Waals surface area contributed by atoms with Crippen molar-refractivity contribution in [1.82, 2.24) is 9.97 Å². The summed E-state index contributed by atoms with van der Waals surface area (Å²) in [5.41, 5.74) is 5.29. The van der Waals surface area contributed by atoms with E-state index in [0.29, 0.717) is 17.9 Å². The van der Waals surface area contributed by atoms with Gasteiger partial charge >= 0.3 is 0 Å². The van der Waals surface area contributed by atoms with Gasteiger partial charge in [-0.25, -0.2) is 4.98 Å². The molecule has 1 aromatic rings. The Labute approximate surface area is 153 Å². The average Bonchev–Trinajstić information content (AvgIpc) is 3.11. The molecule has 5 N–H and O–H groups in total. The van der Waals surface area contributed by atoms with Crippen molar-refractivity contribution < 1.29 is 14.6 Å². The number of aliphatic hydroxyl groups excluding tert-OH is 1. The Kier molecular flexibility index (Phi) is 5.93. The van der Waals surface area contributed by atoms with Crippen LogP contribution in [0.15, 0.2) is 6.20 Å². The van der Waals surface area contributed by atoms with E-state index >= 15 is 0 Å². The van der Waals surface area contributed by atoms with E-state index < -0.39 is 11.4 Å². The van der Waals surface area contributed by atoms with Gasteiger partial charge in [0, 0.05) is 19.3 Å². The molecule has 8 heteroatoms. The Balaban J connectivity index is 1.75. The Bertz CT molecular complexity index is 625. The van der Waals surface area contributed by atoms with E-state index in [0.717, 1.165) is 51.4 Å². The fourth-order valence-corrected chi connectivity index (χ4v) is 3.98. The maximum atomic E-state index is 11.8. The van der Waals surface area contributed by atoms with Gasteiger partial charge in [0.25, 0.3) is 5.91 Å². The van der Waals surface area contributed by atoms with Gasteiger partial charge in [-0.2, -0.15) is 4.98 Å². The molecular formula is C18H29N5O3. The number of nitrogens with two attached hydrogens (primary N) is 1. The highest BCUT2D eigenvalue weighted by atomic mass is 16.5. The number of aromatic nitrogens is 2. The number of ether oxygens (including phenoxy) is 1. The molecular weight excluding hydrogens is 334 g/mol. The van der Waals surface area contributed by atoms with Gasteiger partial charge in [0.05, 0.1) is 23.8 Å². The number of aliphatic hydroxyl groups is 1. The van der Waals surface area contributed by atoms with E-state index in [9.17, 15) is 9.90 Å². The first-order valence-corrected chi connectivity index (χ1v) is 9.40. The van der Waals surface area contributed by atoms with Crippen molar-refractivity contribution in [1.29, 1.82) is 0 Å². The van der Waals surface area contributed by atoms with E-state index in [1.54, 1.807) is 7.11 Å². The van der Waals surface area contributed by atoms with Gasteiger partial charge in [-0.15, -0.1) is 0 Å². The molecule has 0 saturated heterocycles. The zero-order chi connectivity index (χ0) is 18.6. The molecule has 2 aliphatic rings. The highest BCUT2D eigenvalue weighted by Gasteiger charge is 2.34. The van der Waals surface area contributed by atoms with Gasteiger partial charge in [0.15, 0.2) is 0 Å². The lowest BCUT2D eigenvalue weighted by Crippen LogP contribution is -2.40. The van der Waals surface area contributed by atoms with E-state index in [-0.39, 0.29) is 18.2 Å². The van der Waals surface area contributed by atoms with Gasteiger partial charge in [-0.05, 0) is 38.5 Å². The summed E-state index contributed by atoms with van der Waals surface area (Å²) in [4.78, 5) is 20.5. The second-order valence-corrected chi connectivity index (χ2v) is 7.44. The number of primary amides is 1. The third kappa shape index (κ3) is 4.24. The summed E-state index contributed by atoms with van der Waals surface area (Å²) in [5.74, 6) is 0.298. The van der Waals surface area contributed by atoms with Crippen molar-refractivity contribution >= 4 is 17.7 Å². The number of rotatable bonds is 7. The number of nitrogens with zero attached hydrogens (tertiary/aromatic N) is 2. The Morgan fingerprint density at radius 2 is 2.04 bits per heavy atom. The fourth-order valence-electron chi connectivity index (χ4n) is 3.98. The first kappa shape index (κ1) is 18.8. The van der Waals surface area contributed by atoms with Crippen LogP contribution in [-0.2, 0) is 4.74 Å². The highest BCUT2D eigenvalue weighted by molar-refractivity contribution is 5.97. The van der Waals surface area contributed by atoms with Gasteiger partial charge in [-0.1, -0.05) is 12.8 Å². The first-order valence-electron chi connectivity index (χ1n) is 9.40. The predicted octanol–water partition coefficient (Wildman–Crippen LogP) is 1.66. The third-order valence-corrected chi connectivity index (χ3v) is 5.64. The van der Waals surface area contributed by atoms with Crippen molar-refractivity contribution in [2.24, 2.45) is 5.73 Å². The number of hydrogen-bond donors (Lipinski definition) is 4. The van der Waals surface area contributed by atoms with Crippen LogP contribution in [0.3, 0.4) is 0 Å². The van der Waals surface area contributed by atoms with E-state index in [4.69, 9.17) is 10.5 Å². The number of carbonyl (C=O) groups excluding carboxylic acids is 1. The summed E-state index contributed by atoms with van der Waals surface area (Å²) in [6, 6.07) is 0.284. The minimum Gasteiger partial charge on any atom is -0.394 e. The summed E-state index contributed by atoms with van der Waals surface area (Å²) < 4.78 is 5.40. The van der Waals surface area contributed by atoms with Crippen molar-refractivity contribution in [3.63, 3.8) is 0 Å². The molecule has 3 rings (SSSR count). The normalized spacial score (nSPS) is 25.0. The average molecular weight is 363 g/mol. The highest BCUT2D eigenvalue weighted by Crippen LogP contribution is 2.33. The molecule has 0 bridgehead atoms. The first-order chi connectivity index (χ1) is 12.5. The molecule has 2 fully saturated rings. The SMILES string of the molecule is CO[C@H]1CC[C@H](Nc2ncc(C(N)=O)c(NC3(CO)CCCC3)n2)CC1. The molecule has 0 aromatic carbocycles. The summed E-state index contributed by atoms with van der Waals surface area (Å²) in [5, 5.41) is 16.5. The lowest BCUT2D eigenvalue weighted by atomic mass is 9.93. The van der Waals surface area contributed by atoms with Crippen molar-refractivity contribution in [2.75, 3.05) is 24.4 Å². The summed E-state index contributed by atoms with van der Waals surface area (Å²) in [6.07, 6.45) is 9.54. The number of methoxy groups -OCH3 is 1. The topological polar surface area (TPSA) is 122 Å². The fraction of sp³-hybridized carbons (Fsp3) is 0.722. The molecule has 0 radical (unpaired) electrons. The van der Waals surface area contributed by atoms with Gasteiger partial charge < -0.3 is 26.2 Å². The lowest BCUT2D eigenvalue weighted by molar-refractivity contribution is 0.0681. The maximum absolute atomic E-state index is 11.8. The molecule has 2 saturated carbocycles. The van der Waals surface area contributed by atoms with Crippen LogP contribution in [-0.4, -0.2) is 52.4 Å². The largest absolute Gasteiger partial charge is 0.394 e. The number of nitrogens with one attached hydrogen (secondary N) is 2. The third-order valence-electron chi connectivity index (χ3n) is 5.64. The van der Waals surface area contributed by atoms with Crippen molar-refractivity contribution in [2.45, 2.75) is 69.1 Å². The molecule has 0 spiro atoms. The predicted molar refractivity (Wildman–Crippen MR) is 99.1 cm³/mol. The number of carbonyl (C=O) groups is 1. The molecule has 1 amide bonds. The quantitative estimate of drug-likeness (QED) is 0.581. The van der Waals surface area contributed by atoms with Gasteiger partial charge in [0.2, 0.25) is 5.95 Å². The molecule has 1 aromatic heterocycles. The van der Waals surface area contributed by atoms with Crippen LogP contribution in [0.2, 0.25) is 0 Å². The minimum absolute atomic E-state index is 0.000994. The Morgan fingerprint density at radius 3 is 2.62 bits per heavy atom. The van der Waals surface area contributed by atoms with Crippen LogP contribution in [0.25, 0.3) is 0 Å². The number of amides is 1. The summed E-state index contributed by atoms with van der Waals surface area (Å²) >= 11 is 0. The molecule has 144 valence electrons. The molecule has 0 atom stereocenters. The second-order valence-electron chi connectivity index (χ2n) is 7.44. The van der Waals surface area contributed by atoms with Crippen LogP contribution in [0.4, 0.5) is 11.8 Å². The monoisotopic (exact) mass is 363 g/mol. The van der Waals surface area contributed by atoms with Crippen LogP contribution in [0, 0.1) is 0 Å². The van der Waals surface area contributed by atoms with Crippen molar-refractivity contribution in [3.8, 4) is 0 Å². The Hall–Kier alpha value is -1.93. The Morgan fingerprint density at radius 1 is 1.35 bits per heavy atom. The van der Waals surface area contributed by atoms with Crippen LogP contribution < -0.4 is 16.4 Å². The van der Waals surface area contributed by atoms with Gasteiger partial charge in [-0.3, -0.25) is 4.79 Å². The van der Waals surface area contributed by atoms with E-state index in [2.05, 4.69) is 20.6 Å². The smallest absolute Gasteiger partial charge is 0.254 e. The standard InChI is InChI=1S/C18H29N5O3/c1-26-13-6-4-12(5-7-13)21-17-20-10-14(15(19)25)16(22-17)23-18(11-24)8-2-3-9-18/h10,12-13,24H,2-9,11H2,1H3,(H2,19,25)(H2,20,21,22,23)/t12-,13-. The summed E-state index contributed by atoms with van der Waals surface area (Å²) in [6.45, 7) is -0.000994. The van der Waals surface area contributed by atoms with Crippen LogP contribution in [0.1, 0.15) is 61.7 Å². The van der Waals surface area contributed by atoms with Gasteiger partial charge in [0.1, 0.15) is 5.82 Å². The van der Waals surface area contributed by atoms with Crippen molar-refractivity contribution in [3.05, 3.63) is 11.8 Å². The van der Waals surface area contributed by atoms with Crippen LogP contribution >= 0.6 is 0 Å². The molecule has 8 nitrogen and oxygen atoms in total. The molecule has 26 heavy (non-hydrogen) atoms. The zero-order valence-corrected chi connectivity index (χ0v) is 15.3. The summed E-state index contributed by atoms with van der Waals surface area (Å²) in [7, 11) is 1.75. The van der Waals surface area contributed by atoms with E-state index in [1.165, 1.54) is 6.20 Å². The second kappa shape index (κ2) is 8.18. The number of anilines is 2. The number of hydrogen-bond acceptors (Lipinski definition) is 7. The zero-order valence-electron chi connectivity index (χ0n) is 15.3. The minimum atomic E-state index is -0.578. The molecule has 2 aliphatic carbocycles. The van der Waals surface area contributed by atoms with E-state index in [1.807, 2.05) is 0 Å². The van der Waals surface area contributed by atoms with Crippen LogP contribution in [0.5, 0.6) is 0 Å². The maximum Gasteiger partial charge on any atom is 0.254 e. The molecule has 0 unspecified atom stereocenters. The molecule has 0 aliphatic heterocycles. The molecule has 1 heterocycles.